The van der Waals surface area contributed by atoms with Crippen molar-refractivity contribution < 1.29 is 13.5 Å². The first-order valence-corrected chi connectivity index (χ1v) is 10.6. The van der Waals surface area contributed by atoms with Gasteiger partial charge in [0.05, 0.1) is 10.7 Å². The first-order chi connectivity index (χ1) is 14.0. The van der Waals surface area contributed by atoms with Crippen LogP contribution >= 0.6 is 35.3 Å². The molecule has 0 saturated carbocycles. The molecule has 10 heteroatoms. The van der Waals surface area contributed by atoms with E-state index in [1.807, 2.05) is 32.2 Å². The van der Waals surface area contributed by atoms with Gasteiger partial charge in [0, 0.05) is 49.7 Å². The minimum absolute atomic E-state index is 0. The number of halogens is 3. The topological polar surface area (TPSA) is 61.8 Å². The third kappa shape index (κ3) is 7.22. The number of nitrogens with zero attached hydrogens (tertiary/aromatic N) is 3. The quantitative estimate of drug-likeness (QED) is 0.295. The minimum atomic E-state index is -2.83. The van der Waals surface area contributed by atoms with E-state index < -0.39 is 6.61 Å². The summed E-state index contributed by atoms with van der Waals surface area (Å²) in [6.07, 6.45) is 3.58. The number of guanidine groups is 1. The van der Waals surface area contributed by atoms with Crippen molar-refractivity contribution in [3.05, 3.63) is 40.3 Å². The van der Waals surface area contributed by atoms with Gasteiger partial charge in [-0.1, -0.05) is 12.1 Å². The van der Waals surface area contributed by atoms with Crippen LogP contribution in [0.5, 0.6) is 5.75 Å². The van der Waals surface area contributed by atoms with E-state index in [0.717, 1.165) is 36.9 Å². The molecule has 2 aromatic rings. The molecule has 0 radical (unpaired) electrons. The molecule has 6 nitrogen and oxygen atoms in total. The number of para-hydroxylation sites is 2. The van der Waals surface area contributed by atoms with E-state index in [1.165, 1.54) is 4.88 Å². The van der Waals surface area contributed by atoms with E-state index >= 15 is 0 Å². The number of thiazole rings is 1. The molecule has 1 aliphatic heterocycles. The molecular formula is C20H28F2IN5OS. The average Bonchev–Trinajstić information content (AvgIpc) is 3.31. The molecule has 3 rings (SSSR count). The summed E-state index contributed by atoms with van der Waals surface area (Å²) >= 11 is 1.70. The number of benzene rings is 1. The van der Waals surface area contributed by atoms with Gasteiger partial charge in [-0.15, -0.1) is 35.3 Å². The normalized spacial score (nSPS) is 16.5. The fraction of sp³-hybridized carbons (Fsp3) is 0.500. The highest BCUT2D eigenvalue weighted by Crippen LogP contribution is 2.31. The summed E-state index contributed by atoms with van der Waals surface area (Å²) < 4.78 is 30.0. The predicted molar refractivity (Wildman–Crippen MR) is 129 cm³/mol. The third-order valence-corrected chi connectivity index (χ3v) is 5.53. The van der Waals surface area contributed by atoms with Gasteiger partial charge >= 0.3 is 6.61 Å². The molecular weight excluding hydrogens is 523 g/mol. The second-order valence-electron chi connectivity index (χ2n) is 6.80. The molecule has 1 saturated heterocycles. The molecule has 1 unspecified atom stereocenters. The van der Waals surface area contributed by atoms with Crippen molar-refractivity contribution >= 4 is 47.0 Å². The van der Waals surface area contributed by atoms with Crippen molar-refractivity contribution in [1.29, 1.82) is 0 Å². The van der Waals surface area contributed by atoms with Crippen LogP contribution in [0.1, 0.15) is 23.2 Å². The maximum absolute atomic E-state index is 12.7. The maximum atomic E-state index is 12.7. The molecule has 0 aliphatic carbocycles. The van der Waals surface area contributed by atoms with Crippen LogP contribution in [0.25, 0.3) is 0 Å². The maximum Gasteiger partial charge on any atom is 0.387 e. The zero-order valence-electron chi connectivity index (χ0n) is 17.1. The number of aryl methyl sites for hydroxylation is 1. The third-order valence-electron chi connectivity index (χ3n) is 4.56. The highest BCUT2D eigenvalue weighted by Gasteiger charge is 2.26. The van der Waals surface area contributed by atoms with Gasteiger partial charge in [-0.05, 0) is 32.4 Å². The zero-order chi connectivity index (χ0) is 20.6. The van der Waals surface area contributed by atoms with Crippen LogP contribution in [0, 0.1) is 6.92 Å². The Labute approximate surface area is 197 Å². The molecule has 1 atom stereocenters. The lowest BCUT2D eigenvalue weighted by Gasteiger charge is -2.22. The zero-order valence-corrected chi connectivity index (χ0v) is 20.3. The Morgan fingerprint density at radius 1 is 1.40 bits per heavy atom. The molecule has 1 aliphatic rings. The summed E-state index contributed by atoms with van der Waals surface area (Å²) in [6, 6.07) is 7.10. The van der Waals surface area contributed by atoms with Crippen LogP contribution in [0.3, 0.4) is 0 Å². The first-order valence-electron chi connectivity index (χ1n) is 9.80. The molecule has 166 valence electrons. The summed E-state index contributed by atoms with van der Waals surface area (Å²) in [7, 11) is 0. The van der Waals surface area contributed by atoms with Crippen LogP contribution < -0.4 is 20.3 Å². The number of alkyl halides is 2. The minimum Gasteiger partial charge on any atom is -0.433 e. The van der Waals surface area contributed by atoms with Crippen LogP contribution in [0.2, 0.25) is 0 Å². The van der Waals surface area contributed by atoms with Crippen molar-refractivity contribution in [2.75, 3.05) is 31.1 Å². The smallest absolute Gasteiger partial charge is 0.387 e. The largest absolute Gasteiger partial charge is 0.433 e. The number of nitrogens with one attached hydrogen (secondary N) is 2. The van der Waals surface area contributed by atoms with Crippen molar-refractivity contribution in [1.82, 2.24) is 15.6 Å². The van der Waals surface area contributed by atoms with Gasteiger partial charge in [0.2, 0.25) is 0 Å². The standard InChI is InChI=1S/C20H27F2N5OS.HI/c1-3-23-20(24-10-8-18-25-12-14(2)29-18)26-15-9-11-27(13-15)16-6-4-5-7-17(16)28-19(21)22;/h4-7,12,15,19H,3,8-11,13H2,1-2H3,(H2,23,24,26);1H. The number of ether oxygens (including phenoxy) is 1. The molecule has 0 spiro atoms. The van der Waals surface area contributed by atoms with Gasteiger partial charge in [0.15, 0.2) is 5.96 Å². The van der Waals surface area contributed by atoms with E-state index in [-0.39, 0.29) is 35.8 Å². The van der Waals surface area contributed by atoms with Crippen molar-refractivity contribution in [3.63, 3.8) is 0 Å². The first kappa shape index (κ1) is 24.6. The van der Waals surface area contributed by atoms with E-state index in [4.69, 9.17) is 0 Å². The second kappa shape index (κ2) is 12.2. The molecule has 0 bridgehead atoms. The molecule has 1 aromatic heterocycles. The predicted octanol–water partition coefficient (Wildman–Crippen LogP) is 4.05. The van der Waals surface area contributed by atoms with E-state index in [1.54, 1.807) is 23.5 Å². The second-order valence-corrected chi connectivity index (χ2v) is 8.12. The monoisotopic (exact) mass is 551 g/mol. The van der Waals surface area contributed by atoms with Crippen molar-refractivity contribution in [3.8, 4) is 5.75 Å². The summed E-state index contributed by atoms with van der Waals surface area (Å²) in [6.45, 7) is 4.13. The summed E-state index contributed by atoms with van der Waals surface area (Å²) in [5.41, 5.74) is 0.693. The number of rotatable bonds is 8. The Bertz CT molecular complexity index is 820. The lowest BCUT2D eigenvalue weighted by Crippen LogP contribution is -2.44. The van der Waals surface area contributed by atoms with E-state index in [0.29, 0.717) is 18.8 Å². The van der Waals surface area contributed by atoms with Gasteiger partial charge in [-0.3, -0.25) is 4.99 Å². The van der Waals surface area contributed by atoms with Gasteiger partial charge in [0.25, 0.3) is 0 Å². The number of hydrogen-bond donors (Lipinski definition) is 2. The summed E-state index contributed by atoms with van der Waals surface area (Å²) in [4.78, 5) is 12.3. The number of anilines is 1. The van der Waals surface area contributed by atoms with Crippen molar-refractivity contribution in [2.45, 2.75) is 39.3 Å². The van der Waals surface area contributed by atoms with Crippen LogP contribution in [-0.4, -0.2) is 49.8 Å². The molecule has 2 heterocycles. The van der Waals surface area contributed by atoms with Gasteiger partial charge in [-0.2, -0.15) is 8.78 Å². The summed E-state index contributed by atoms with van der Waals surface area (Å²) in [5.74, 6) is 0.979. The number of aromatic nitrogens is 1. The number of aliphatic imine (C=N–C) groups is 1. The van der Waals surface area contributed by atoms with Crippen LogP contribution in [-0.2, 0) is 6.42 Å². The molecule has 0 amide bonds. The van der Waals surface area contributed by atoms with Crippen LogP contribution in [0.15, 0.2) is 35.5 Å². The van der Waals surface area contributed by atoms with Gasteiger partial charge < -0.3 is 20.3 Å². The fourth-order valence-corrected chi connectivity index (χ4v) is 4.08. The Morgan fingerprint density at radius 3 is 2.90 bits per heavy atom. The SMILES string of the molecule is CCNC(=NCCc1ncc(C)s1)NC1CCN(c2ccccc2OC(F)F)C1.I. The molecule has 1 aromatic carbocycles. The lowest BCUT2D eigenvalue weighted by atomic mass is 10.2. The Balaban J connectivity index is 0.00000320. The van der Waals surface area contributed by atoms with E-state index in [9.17, 15) is 8.78 Å². The molecule has 30 heavy (non-hydrogen) atoms. The average molecular weight is 551 g/mol. The van der Waals surface area contributed by atoms with Crippen molar-refractivity contribution in [2.24, 2.45) is 4.99 Å². The Morgan fingerprint density at radius 2 is 2.20 bits per heavy atom. The number of hydrogen-bond acceptors (Lipinski definition) is 5. The summed E-state index contributed by atoms with van der Waals surface area (Å²) in [5, 5.41) is 7.82. The van der Waals surface area contributed by atoms with E-state index in [2.05, 4.69) is 30.2 Å². The van der Waals surface area contributed by atoms with Crippen LogP contribution in [0.4, 0.5) is 14.5 Å². The van der Waals surface area contributed by atoms with Gasteiger partial charge in [-0.25, -0.2) is 4.98 Å². The fourth-order valence-electron chi connectivity index (χ4n) is 3.30. The Hall–Kier alpha value is -1.69. The Kier molecular flexibility index (Phi) is 10.0. The van der Waals surface area contributed by atoms with Gasteiger partial charge in [0.1, 0.15) is 5.75 Å². The molecule has 1 fully saturated rings. The highest BCUT2D eigenvalue weighted by molar-refractivity contribution is 14.0. The lowest BCUT2D eigenvalue weighted by molar-refractivity contribution is -0.0495. The molecule has 2 N–H and O–H groups in total. The highest BCUT2D eigenvalue weighted by atomic mass is 127.